The summed E-state index contributed by atoms with van der Waals surface area (Å²) in [5, 5.41) is 12.5. The topological polar surface area (TPSA) is 95.9 Å². The number of fused-ring (bicyclic) bond motifs is 3. The maximum absolute atomic E-state index is 13.6. The van der Waals surface area contributed by atoms with Crippen LogP contribution in [0.25, 0.3) is 11.1 Å². The van der Waals surface area contributed by atoms with Crippen LogP contribution in [-0.2, 0) is 14.3 Å². The number of aliphatic carboxylic acids is 1. The average molecular weight is 493 g/mol. The van der Waals surface area contributed by atoms with Gasteiger partial charge in [-0.25, -0.2) is 9.59 Å². The second-order valence-electron chi connectivity index (χ2n) is 10.4. The van der Waals surface area contributed by atoms with E-state index in [0.717, 1.165) is 41.5 Å². The van der Waals surface area contributed by atoms with Crippen LogP contribution in [0.1, 0.15) is 49.1 Å². The Morgan fingerprint density at radius 3 is 2.23 bits per heavy atom. The van der Waals surface area contributed by atoms with Gasteiger partial charge in [0.25, 0.3) is 0 Å². The maximum atomic E-state index is 13.6. The molecule has 8 heteroatoms. The van der Waals surface area contributed by atoms with E-state index in [2.05, 4.69) is 29.6 Å². The Bertz CT molecular complexity index is 1160. The van der Waals surface area contributed by atoms with Crippen molar-refractivity contribution in [2.24, 2.45) is 5.41 Å². The van der Waals surface area contributed by atoms with Crippen LogP contribution in [0.4, 0.5) is 4.79 Å². The number of rotatable bonds is 5. The van der Waals surface area contributed by atoms with Crippen molar-refractivity contribution in [3.8, 4) is 11.1 Å². The van der Waals surface area contributed by atoms with Crippen LogP contribution in [0.2, 0.25) is 0 Å². The van der Waals surface area contributed by atoms with Crippen molar-refractivity contribution in [2.75, 3.05) is 18.2 Å². The molecule has 2 aromatic carbocycles. The first-order valence-corrected chi connectivity index (χ1v) is 13.3. The molecule has 0 aromatic heterocycles. The molecule has 6 rings (SSSR count). The van der Waals surface area contributed by atoms with E-state index in [0.29, 0.717) is 24.5 Å². The van der Waals surface area contributed by atoms with E-state index in [1.54, 1.807) is 0 Å². The zero-order valence-electron chi connectivity index (χ0n) is 19.4. The van der Waals surface area contributed by atoms with Gasteiger partial charge in [-0.15, -0.1) is 11.8 Å². The standard InChI is InChI=1S/C27H28N2O5S/c30-23(31)22-13-35-16-29(22)24(32)27(14-26(15-27)10-5-11-26)28-25(33)34-12-21-19-8-3-1-6-17(19)18-7-2-4-9-20(18)21/h1-4,6-9,21-22H,5,10-16H2,(H,28,33)(H,30,31)/t22-/m0/s1. The number of thioether (sulfide) groups is 1. The second kappa shape index (κ2) is 8.29. The first kappa shape index (κ1) is 22.5. The van der Waals surface area contributed by atoms with E-state index in [1.807, 2.05) is 24.3 Å². The molecule has 2 N–H and O–H groups in total. The molecule has 3 aliphatic carbocycles. The summed E-state index contributed by atoms with van der Waals surface area (Å²) in [7, 11) is 0. The van der Waals surface area contributed by atoms with Crippen molar-refractivity contribution in [1.82, 2.24) is 10.2 Å². The third-order valence-electron chi connectivity index (χ3n) is 8.29. The van der Waals surface area contributed by atoms with Gasteiger partial charge in [0, 0.05) is 11.7 Å². The molecule has 4 aliphatic rings. The summed E-state index contributed by atoms with van der Waals surface area (Å²) < 4.78 is 5.74. The Balaban J connectivity index is 1.18. The summed E-state index contributed by atoms with van der Waals surface area (Å²) in [6.45, 7) is 0.173. The molecular formula is C27H28N2O5S. The highest BCUT2D eigenvalue weighted by Gasteiger charge is 2.63. The predicted octanol–water partition coefficient (Wildman–Crippen LogP) is 4.21. The zero-order chi connectivity index (χ0) is 24.2. The minimum absolute atomic E-state index is 0.0643. The van der Waals surface area contributed by atoms with Crippen LogP contribution in [0.15, 0.2) is 48.5 Å². The number of nitrogens with zero attached hydrogens (tertiary/aromatic N) is 1. The second-order valence-corrected chi connectivity index (χ2v) is 11.4. The number of amides is 2. The highest BCUT2D eigenvalue weighted by molar-refractivity contribution is 7.99. The first-order chi connectivity index (χ1) is 16.9. The number of hydrogen-bond donors (Lipinski definition) is 2. The van der Waals surface area contributed by atoms with Gasteiger partial charge in [0.05, 0.1) is 5.88 Å². The maximum Gasteiger partial charge on any atom is 0.408 e. The fourth-order valence-corrected chi connectivity index (χ4v) is 7.65. The van der Waals surface area contributed by atoms with Crippen molar-refractivity contribution in [1.29, 1.82) is 0 Å². The largest absolute Gasteiger partial charge is 0.480 e. The molecule has 2 saturated carbocycles. The molecule has 1 heterocycles. The van der Waals surface area contributed by atoms with E-state index in [4.69, 9.17) is 4.74 Å². The van der Waals surface area contributed by atoms with E-state index < -0.39 is 23.6 Å². The molecule has 1 aliphatic heterocycles. The lowest BCUT2D eigenvalue weighted by Gasteiger charge is -2.60. The molecule has 35 heavy (non-hydrogen) atoms. The molecule has 1 atom stereocenters. The predicted molar refractivity (Wildman–Crippen MR) is 132 cm³/mol. The third-order valence-corrected chi connectivity index (χ3v) is 9.30. The highest BCUT2D eigenvalue weighted by atomic mass is 32.2. The lowest BCUT2D eigenvalue weighted by atomic mass is 9.48. The Morgan fingerprint density at radius 1 is 1.03 bits per heavy atom. The van der Waals surface area contributed by atoms with Crippen molar-refractivity contribution in [3.05, 3.63) is 59.7 Å². The Kier molecular flexibility index (Phi) is 5.32. The molecule has 1 spiro atoms. The summed E-state index contributed by atoms with van der Waals surface area (Å²) in [6, 6.07) is 15.4. The van der Waals surface area contributed by atoms with Crippen LogP contribution in [0.3, 0.4) is 0 Å². The van der Waals surface area contributed by atoms with Crippen LogP contribution < -0.4 is 5.32 Å². The van der Waals surface area contributed by atoms with E-state index in [-0.39, 0.29) is 23.8 Å². The van der Waals surface area contributed by atoms with Crippen LogP contribution in [0.5, 0.6) is 0 Å². The van der Waals surface area contributed by atoms with E-state index in [9.17, 15) is 19.5 Å². The fraction of sp³-hybridized carbons (Fsp3) is 0.444. The lowest BCUT2D eigenvalue weighted by molar-refractivity contribution is -0.160. The fourth-order valence-electron chi connectivity index (χ4n) is 6.50. The Morgan fingerprint density at radius 2 is 1.66 bits per heavy atom. The molecule has 0 radical (unpaired) electrons. The van der Waals surface area contributed by atoms with Crippen molar-refractivity contribution < 1.29 is 24.2 Å². The van der Waals surface area contributed by atoms with Crippen LogP contribution in [0, 0.1) is 5.41 Å². The van der Waals surface area contributed by atoms with Gasteiger partial charge in [-0.1, -0.05) is 55.0 Å². The summed E-state index contributed by atoms with van der Waals surface area (Å²) in [5.41, 5.74) is 3.58. The number of carbonyl (C=O) groups is 3. The van der Waals surface area contributed by atoms with Crippen molar-refractivity contribution >= 4 is 29.7 Å². The minimum Gasteiger partial charge on any atom is -0.480 e. The van der Waals surface area contributed by atoms with Gasteiger partial charge in [0.15, 0.2) is 0 Å². The number of hydrogen-bond acceptors (Lipinski definition) is 5. The van der Waals surface area contributed by atoms with Gasteiger partial charge < -0.3 is 20.1 Å². The van der Waals surface area contributed by atoms with Gasteiger partial charge in [0.1, 0.15) is 18.2 Å². The zero-order valence-corrected chi connectivity index (χ0v) is 20.2. The Labute approximate surface area is 208 Å². The van der Waals surface area contributed by atoms with Crippen molar-refractivity contribution in [3.63, 3.8) is 0 Å². The molecule has 3 fully saturated rings. The summed E-state index contributed by atoms with van der Waals surface area (Å²) in [6.07, 6.45) is 3.71. The van der Waals surface area contributed by atoms with Crippen molar-refractivity contribution in [2.45, 2.75) is 49.6 Å². The van der Waals surface area contributed by atoms with Crippen LogP contribution in [-0.4, -0.2) is 57.8 Å². The number of ether oxygens (including phenoxy) is 1. The minimum atomic E-state index is -1.08. The molecule has 182 valence electrons. The molecule has 7 nitrogen and oxygen atoms in total. The summed E-state index contributed by atoms with van der Waals surface area (Å²) in [5.74, 6) is -0.659. The molecule has 0 unspecified atom stereocenters. The van der Waals surface area contributed by atoms with E-state index >= 15 is 0 Å². The lowest BCUT2D eigenvalue weighted by Crippen LogP contribution is -2.71. The van der Waals surface area contributed by atoms with Gasteiger partial charge >= 0.3 is 12.1 Å². The molecule has 1 saturated heterocycles. The van der Waals surface area contributed by atoms with Gasteiger partial charge in [-0.05, 0) is 53.4 Å². The number of nitrogens with one attached hydrogen (secondary N) is 1. The first-order valence-electron chi connectivity index (χ1n) is 12.2. The molecule has 0 bridgehead atoms. The average Bonchev–Trinajstić information content (AvgIpc) is 3.42. The number of alkyl carbamates (subject to hydrolysis) is 1. The van der Waals surface area contributed by atoms with Crippen LogP contribution >= 0.6 is 11.8 Å². The number of carboxylic acids is 1. The van der Waals surface area contributed by atoms with Gasteiger partial charge in [-0.3, -0.25) is 4.79 Å². The molecule has 2 aromatic rings. The normalized spacial score (nSPS) is 23.1. The van der Waals surface area contributed by atoms with Gasteiger partial charge in [0.2, 0.25) is 5.91 Å². The molecule has 2 amide bonds. The third kappa shape index (κ3) is 3.61. The number of carbonyl (C=O) groups excluding carboxylic acids is 2. The quantitative estimate of drug-likeness (QED) is 0.649. The number of carboxylic acid groups (broad SMARTS) is 1. The SMILES string of the molecule is O=C(NC1(C(=O)N2CSC[C@H]2C(=O)O)CC2(CCC2)C1)OCC1c2ccccc2-c2ccccc21. The van der Waals surface area contributed by atoms with Gasteiger partial charge in [-0.2, -0.15) is 0 Å². The smallest absolute Gasteiger partial charge is 0.408 e. The molecular weight excluding hydrogens is 464 g/mol. The monoisotopic (exact) mass is 492 g/mol. The summed E-state index contributed by atoms with van der Waals surface area (Å²) >= 11 is 1.43. The van der Waals surface area contributed by atoms with E-state index in [1.165, 1.54) is 16.7 Å². The summed E-state index contributed by atoms with van der Waals surface area (Å²) in [4.78, 5) is 39.8. The number of benzene rings is 2. The Hall–Kier alpha value is -3.00. The highest BCUT2D eigenvalue weighted by Crippen LogP contribution is 2.61.